The molecule has 144 valence electrons. The number of piperidine rings is 1. The Balaban J connectivity index is 2.11. The number of ether oxygens (including phenoxy) is 2. The molecule has 0 radical (unpaired) electrons. The Labute approximate surface area is 164 Å². The first kappa shape index (κ1) is 20.7. The number of hydrogen-bond donors (Lipinski definition) is 0. The van der Waals surface area contributed by atoms with Gasteiger partial charge in [-0.2, -0.15) is 0 Å². The molecule has 26 heavy (non-hydrogen) atoms. The minimum Gasteiger partial charge on any atom is -0.466 e. The first-order chi connectivity index (χ1) is 12.1. The van der Waals surface area contributed by atoms with Crippen LogP contribution in [0.3, 0.4) is 0 Å². The van der Waals surface area contributed by atoms with E-state index >= 15 is 0 Å². The Morgan fingerprint density at radius 2 is 1.73 bits per heavy atom. The first-order valence-corrected chi connectivity index (χ1v) is 9.84. The quantitative estimate of drug-likeness (QED) is 0.662. The van der Waals surface area contributed by atoms with Gasteiger partial charge in [-0.3, -0.25) is 4.79 Å². The van der Waals surface area contributed by atoms with Crippen molar-refractivity contribution in [2.75, 3.05) is 19.7 Å². The van der Waals surface area contributed by atoms with Gasteiger partial charge in [0, 0.05) is 17.6 Å². The summed E-state index contributed by atoms with van der Waals surface area (Å²) in [5.41, 5.74) is -0.0287. The Morgan fingerprint density at radius 1 is 1.15 bits per heavy atom. The molecular formula is C20H28BrNO4. The monoisotopic (exact) mass is 425 g/mol. The van der Waals surface area contributed by atoms with E-state index in [0.29, 0.717) is 39.0 Å². The minimum absolute atomic E-state index is 0.174. The van der Waals surface area contributed by atoms with Gasteiger partial charge in [-0.05, 0) is 64.7 Å². The molecule has 5 nitrogen and oxygen atoms in total. The fourth-order valence-corrected chi connectivity index (χ4v) is 3.44. The van der Waals surface area contributed by atoms with Crippen LogP contribution in [0.5, 0.6) is 0 Å². The topological polar surface area (TPSA) is 55.8 Å². The number of likely N-dealkylation sites (tertiary alicyclic amines) is 1. The Hall–Kier alpha value is -1.56. The zero-order chi connectivity index (χ0) is 19.4. The molecule has 1 amide bonds. The van der Waals surface area contributed by atoms with Crippen molar-refractivity contribution in [3.63, 3.8) is 0 Å². The molecule has 1 aromatic rings. The molecule has 1 fully saturated rings. The van der Waals surface area contributed by atoms with E-state index in [-0.39, 0.29) is 12.1 Å². The molecular weight excluding hydrogens is 398 g/mol. The minimum atomic E-state index is -0.595. The summed E-state index contributed by atoms with van der Waals surface area (Å²) >= 11 is 3.44. The van der Waals surface area contributed by atoms with E-state index in [1.165, 1.54) is 0 Å². The lowest BCUT2D eigenvalue weighted by Gasteiger charge is -2.40. The van der Waals surface area contributed by atoms with Crippen LogP contribution in [-0.2, 0) is 20.7 Å². The van der Waals surface area contributed by atoms with Gasteiger partial charge in [0.05, 0.1) is 12.0 Å². The van der Waals surface area contributed by atoms with E-state index in [9.17, 15) is 9.59 Å². The van der Waals surface area contributed by atoms with Crippen molar-refractivity contribution in [2.24, 2.45) is 5.41 Å². The molecule has 0 bridgehead atoms. The average Bonchev–Trinajstić information content (AvgIpc) is 2.56. The Bertz CT molecular complexity index is 628. The van der Waals surface area contributed by atoms with Crippen molar-refractivity contribution in [1.82, 2.24) is 4.90 Å². The van der Waals surface area contributed by atoms with Gasteiger partial charge in [0.25, 0.3) is 0 Å². The molecule has 1 heterocycles. The van der Waals surface area contributed by atoms with Crippen LogP contribution in [0.4, 0.5) is 4.79 Å². The molecule has 0 saturated carbocycles. The number of nitrogens with zero attached hydrogens (tertiary/aromatic N) is 1. The lowest BCUT2D eigenvalue weighted by Crippen LogP contribution is -2.49. The van der Waals surface area contributed by atoms with Crippen molar-refractivity contribution >= 4 is 28.0 Å². The van der Waals surface area contributed by atoms with Crippen molar-refractivity contribution in [3.8, 4) is 0 Å². The summed E-state index contributed by atoms with van der Waals surface area (Å²) < 4.78 is 11.8. The maximum absolute atomic E-state index is 12.7. The number of rotatable bonds is 4. The van der Waals surface area contributed by atoms with Gasteiger partial charge >= 0.3 is 12.1 Å². The van der Waals surface area contributed by atoms with Gasteiger partial charge in [-0.1, -0.05) is 28.1 Å². The Morgan fingerprint density at radius 3 is 2.23 bits per heavy atom. The van der Waals surface area contributed by atoms with E-state index < -0.39 is 11.0 Å². The molecule has 1 saturated heterocycles. The molecule has 0 unspecified atom stereocenters. The van der Waals surface area contributed by atoms with Crippen LogP contribution in [0.1, 0.15) is 46.1 Å². The smallest absolute Gasteiger partial charge is 0.410 e. The zero-order valence-corrected chi connectivity index (χ0v) is 17.6. The van der Waals surface area contributed by atoms with Gasteiger partial charge in [0.2, 0.25) is 0 Å². The molecule has 0 aromatic heterocycles. The normalized spacial score (nSPS) is 16.9. The SMILES string of the molecule is CCOC(=O)C1(Cc2ccc(Br)cc2)CCN(C(=O)OC(C)(C)C)CC1. The van der Waals surface area contributed by atoms with Crippen LogP contribution in [0.2, 0.25) is 0 Å². The van der Waals surface area contributed by atoms with E-state index in [2.05, 4.69) is 15.9 Å². The maximum Gasteiger partial charge on any atom is 0.410 e. The van der Waals surface area contributed by atoms with E-state index in [1.807, 2.05) is 52.0 Å². The lowest BCUT2D eigenvalue weighted by molar-refractivity contribution is -0.158. The third-order valence-electron chi connectivity index (χ3n) is 4.54. The number of amides is 1. The summed E-state index contributed by atoms with van der Waals surface area (Å²) in [6, 6.07) is 7.99. The van der Waals surface area contributed by atoms with Gasteiger partial charge in [-0.25, -0.2) is 4.79 Å². The largest absolute Gasteiger partial charge is 0.466 e. The van der Waals surface area contributed by atoms with Crippen molar-refractivity contribution < 1.29 is 19.1 Å². The van der Waals surface area contributed by atoms with Gasteiger partial charge in [-0.15, -0.1) is 0 Å². The van der Waals surface area contributed by atoms with E-state index in [0.717, 1.165) is 10.0 Å². The second-order valence-corrected chi connectivity index (χ2v) is 8.69. The highest BCUT2D eigenvalue weighted by molar-refractivity contribution is 9.10. The van der Waals surface area contributed by atoms with Crippen molar-refractivity contribution in [1.29, 1.82) is 0 Å². The average molecular weight is 426 g/mol. The highest BCUT2D eigenvalue weighted by Crippen LogP contribution is 2.37. The van der Waals surface area contributed by atoms with Gasteiger partial charge < -0.3 is 14.4 Å². The molecule has 2 rings (SSSR count). The molecule has 1 aliphatic heterocycles. The van der Waals surface area contributed by atoms with Crippen LogP contribution in [0, 0.1) is 5.41 Å². The van der Waals surface area contributed by atoms with Crippen LogP contribution in [0.15, 0.2) is 28.7 Å². The third-order valence-corrected chi connectivity index (χ3v) is 5.07. The zero-order valence-electron chi connectivity index (χ0n) is 16.0. The van der Waals surface area contributed by atoms with Crippen LogP contribution in [0.25, 0.3) is 0 Å². The second-order valence-electron chi connectivity index (χ2n) is 7.77. The van der Waals surface area contributed by atoms with Crippen LogP contribution >= 0.6 is 15.9 Å². The summed E-state index contributed by atoms with van der Waals surface area (Å²) in [5.74, 6) is -0.174. The number of carbonyl (C=O) groups excluding carboxylic acids is 2. The highest BCUT2D eigenvalue weighted by Gasteiger charge is 2.44. The standard InChI is InChI=1S/C20H28BrNO4/c1-5-25-17(23)20(14-15-6-8-16(21)9-7-15)10-12-22(13-11-20)18(24)26-19(2,3)4/h6-9H,5,10-14H2,1-4H3. The Kier molecular flexibility index (Phi) is 6.72. The molecule has 1 aromatic carbocycles. The number of esters is 1. The fourth-order valence-electron chi connectivity index (χ4n) is 3.17. The van der Waals surface area contributed by atoms with Gasteiger partial charge in [0.15, 0.2) is 0 Å². The molecule has 0 atom stereocenters. The molecule has 0 spiro atoms. The van der Waals surface area contributed by atoms with Crippen LogP contribution in [-0.4, -0.2) is 42.3 Å². The molecule has 1 aliphatic rings. The number of hydrogen-bond acceptors (Lipinski definition) is 4. The second kappa shape index (κ2) is 8.42. The number of halogens is 1. The summed E-state index contributed by atoms with van der Waals surface area (Å²) in [4.78, 5) is 26.7. The molecule has 6 heteroatoms. The van der Waals surface area contributed by atoms with Crippen molar-refractivity contribution in [2.45, 2.75) is 52.6 Å². The summed E-state index contributed by atoms with van der Waals surface area (Å²) in [6.07, 6.45) is 1.43. The van der Waals surface area contributed by atoms with E-state index in [4.69, 9.17) is 9.47 Å². The lowest BCUT2D eigenvalue weighted by atomic mass is 9.74. The predicted molar refractivity (Wildman–Crippen MR) is 104 cm³/mol. The number of benzene rings is 1. The van der Waals surface area contributed by atoms with Crippen LogP contribution < -0.4 is 0 Å². The summed E-state index contributed by atoms with van der Waals surface area (Å²) in [5, 5.41) is 0. The van der Waals surface area contributed by atoms with Crippen molar-refractivity contribution in [3.05, 3.63) is 34.3 Å². The fraction of sp³-hybridized carbons (Fsp3) is 0.600. The molecule has 0 N–H and O–H groups in total. The summed E-state index contributed by atoms with van der Waals surface area (Å²) in [6.45, 7) is 8.72. The van der Waals surface area contributed by atoms with Gasteiger partial charge in [0.1, 0.15) is 5.60 Å². The first-order valence-electron chi connectivity index (χ1n) is 9.05. The third kappa shape index (κ3) is 5.47. The molecule has 0 aliphatic carbocycles. The highest BCUT2D eigenvalue weighted by atomic mass is 79.9. The maximum atomic E-state index is 12.7. The number of carbonyl (C=O) groups is 2. The summed E-state index contributed by atoms with van der Waals surface area (Å²) in [7, 11) is 0. The predicted octanol–water partition coefficient (Wildman–Crippen LogP) is 4.57. The van der Waals surface area contributed by atoms with E-state index in [1.54, 1.807) is 4.90 Å².